The van der Waals surface area contributed by atoms with Crippen LogP contribution in [0.5, 0.6) is 0 Å². The van der Waals surface area contributed by atoms with E-state index in [1.165, 1.54) is 0 Å². The van der Waals surface area contributed by atoms with E-state index >= 15 is 0 Å². The summed E-state index contributed by atoms with van der Waals surface area (Å²) in [4.78, 5) is 0. The number of rotatable bonds is 3. The maximum atomic E-state index is 8.88. The molecule has 70 valence electrons. The third-order valence-corrected chi connectivity index (χ3v) is 2.30. The molecule has 1 N–H and O–H groups in total. The SMILES string of the molecule is C#CCNC(C#N)C1CCOCC1. The maximum absolute atomic E-state index is 8.88. The normalized spacial score (nSPS) is 20.2. The molecule has 1 fully saturated rings. The molecule has 1 aliphatic heterocycles. The zero-order chi connectivity index (χ0) is 9.52. The van der Waals surface area contributed by atoms with Crippen molar-refractivity contribution < 1.29 is 4.74 Å². The van der Waals surface area contributed by atoms with Crippen molar-refractivity contribution in [3.8, 4) is 18.4 Å². The predicted octanol–water partition coefficient (Wildman–Crippen LogP) is 0.528. The van der Waals surface area contributed by atoms with Crippen molar-refractivity contribution in [2.75, 3.05) is 19.8 Å². The fraction of sp³-hybridized carbons (Fsp3) is 0.700. The molecule has 1 saturated heterocycles. The van der Waals surface area contributed by atoms with Crippen LogP contribution in [0.3, 0.4) is 0 Å². The van der Waals surface area contributed by atoms with Crippen molar-refractivity contribution >= 4 is 0 Å². The van der Waals surface area contributed by atoms with E-state index in [9.17, 15) is 0 Å². The van der Waals surface area contributed by atoms with Gasteiger partial charge in [-0.25, -0.2) is 0 Å². The van der Waals surface area contributed by atoms with Crippen LogP contribution < -0.4 is 5.32 Å². The van der Waals surface area contributed by atoms with Gasteiger partial charge in [0.25, 0.3) is 0 Å². The molecule has 13 heavy (non-hydrogen) atoms. The Hall–Kier alpha value is -1.03. The summed E-state index contributed by atoms with van der Waals surface area (Å²) < 4.78 is 5.22. The third kappa shape index (κ3) is 3.06. The first-order valence-corrected chi connectivity index (χ1v) is 4.52. The summed E-state index contributed by atoms with van der Waals surface area (Å²) in [5.41, 5.74) is 0. The van der Waals surface area contributed by atoms with Crippen molar-refractivity contribution in [1.29, 1.82) is 5.26 Å². The number of hydrogen-bond acceptors (Lipinski definition) is 3. The maximum Gasteiger partial charge on any atom is 0.0990 e. The van der Waals surface area contributed by atoms with Crippen molar-refractivity contribution in [2.24, 2.45) is 5.92 Å². The molecule has 0 aromatic heterocycles. The van der Waals surface area contributed by atoms with E-state index in [2.05, 4.69) is 17.3 Å². The summed E-state index contributed by atoms with van der Waals surface area (Å²) in [7, 11) is 0. The van der Waals surface area contributed by atoms with E-state index in [1.807, 2.05) is 0 Å². The molecule has 1 unspecified atom stereocenters. The standard InChI is InChI=1S/C10H14N2O/c1-2-5-12-10(8-11)9-3-6-13-7-4-9/h1,9-10,12H,3-7H2. The van der Waals surface area contributed by atoms with E-state index in [4.69, 9.17) is 16.4 Å². The molecule has 0 saturated carbocycles. The second kappa shape index (κ2) is 5.59. The average molecular weight is 178 g/mol. The molecule has 0 aliphatic carbocycles. The number of nitriles is 1. The Morgan fingerprint density at radius 2 is 2.23 bits per heavy atom. The summed E-state index contributed by atoms with van der Waals surface area (Å²) in [5.74, 6) is 2.87. The van der Waals surface area contributed by atoms with Gasteiger partial charge in [-0.2, -0.15) is 5.26 Å². The van der Waals surface area contributed by atoms with Gasteiger partial charge in [0.15, 0.2) is 0 Å². The van der Waals surface area contributed by atoms with Gasteiger partial charge in [0, 0.05) is 13.2 Å². The molecular weight excluding hydrogens is 164 g/mol. The molecule has 0 aromatic rings. The minimum atomic E-state index is -0.111. The van der Waals surface area contributed by atoms with Crippen molar-refractivity contribution in [2.45, 2.75) is 18.9 Å². The van der Waals surface area contributed by atoms with Crippen molar-refractivity contribution in [3.63, 3.8) is 0 Å². The smallest absolute Gasteiger partial charge is 0.0990 e. The van der Waals surface area contributed by atoms with Gasteiger partial charge in [0.1, 0.15) is 0 Å². The lowest BCUT2D eigenvalue weighted by Gasteiger charge is -2.25. The molecular formula is C10H14N2O. The van der Waals surface area contributed by atoms with E-state index in [-0.39, 0.29) is 6.04 Å². The lowest BCUT2D eigenvalue weighted by Crippen LogP contribution is -2.38. The highest BCUT2D eigenvalue weighted by molar-refractivity contribution is 4.99. The molecule has 1 heterocycles. The zero-order valence-electron chi connectivity index (χ0n) is 7.62. The fourth-order valence-corrected chi connectivity index (χ4v) is 1.54. The van der Waals surface area contributed by atoms with Crippen LogP contribution >= 0.6 is 0 Å². The Morgan fingerprint density at radius 1 is 1.54 bits per heavy atom. The zero-order valence-corrected chi connectivity index (χ0v) is 7.62. The minimum absolute atomic E-state index is 0.111. The Kier molecular flexibility index (Phi) is 4.32. The molecule has 0 radical (unpaired) electrons. The Bertz CT molecular complexity index is 220. The van der Waals surface area contributed by atoms with Crippen LogP contribution in [0.4, 0.5) is 0 Å². The van der Waals surface area contributed by atoms with Gasteiger partial charge in [0.2, 0.25) is 0 Å². The van der Waals surface area contributed by atoms with Crippen LogP contribution in [-0.4, -0.2) is 25.8 Å². The second-order valence-corrected chi connectivity index (χ2v) is 3.14. The lowest BCUT2D eigenvalue weighted by atomic mass is 9.92. The Morgan fingerprint density at radius 3 is 2.77 bits per heavy atom. The molecule has 0 amide bonds. The van der Waals surface area contributed by atoms with Crippen LogP contribution in [0.2, 0.25) is 0 Å². The van der Waals surface area contributed by atoms with Gasteiger partial charge in [-0.05, 0) is 18.8 Å². The molecule has 3 nitrogen and oxygen atoms in total. The number of terminal acetylenes is 1. The van der Waals surface area contributed by atoms with Crippen molar-refractivity contribution in [3.05, 3.63) is 0 Å². The number of nitrogens with one attached hydrogen (secondary N) is 1. The summed E-state index contributed by atoms with van der Waals surface area (Å²) >= 11 is 0. The number of hydrogen-bond donors (Lipinski definition) is 1. The van der Waals surface area contributed by atoms with Gasteiger partial charge >= 0.3 is 0 Å². The summed E-state index contributed by atoms with van der Waals surface area (Å²) in [5, 5.41) is 11.9. The summed E-state index contributed by atoms with van der Waals surface area (Å²) in [6, 6.07) is 2.13. The molecule has 1 rings (SSSR count). The van der Waals surface area contributed by atoms with Gasteiger partial charge in [-0.3, -0.25) is 5.32 Å². The first-order chi connectivity index (χ1) is 6.38. The highest BCUT2D eigenvalue weighted by atomic mass is 16.5. The van der Waals surface area contributed by atoms with E-state index < -0.39 is 0 Å². The molecule has 1 aliphatic rings. The van der Waals surface area contributed by atoms with Gasteiger partial charge < -0.3 is 4.74 Å². The molecule has 0 bridgehead atoms. The highest BCUT2D eigenvalue weighted by Gasteiger charge is 2.22. The molecule has 3 heteroatoms. The lowest BCUT2D eigenvalue weighted by molar-refractivity contribution is 0.0603. The minimum Gasteiger partial charge on any atom is -0.381 e. The van der Waals surface area contributed by atoms with Crippen LogP contribution in [-0.2, 0) is 4.74 Å². The van der Waals surface area contributed by atoms with E-state index in [0.717, 1.165) is 26.1 Å². The Balaban J connectivity index is 2.37. The third-order valence-electron chi connectivity index (χ3n) is 2.30. The summed E-state index contributed by atoms with van der Waals surface area (Å²) in [6.45, 7) is 2.00. The fourth-order valence-electron chi connectivity index (χ4n) is 1.54. The van der Waals surface area contributed by atoms with Crippen LogP contribution in [0.15, 0.2) is 0 Å². The topological polar surface area (TPSA) is 45.0 Å². The summed E-state index contributed by atoms with van der Waals surface area (Å²) in [6.07, 6.45) is 7.02. The quantitative estimate of drug-likeness (QED) is 0.641. The second-order valence-electron chi connectivity index (χ2n) is 3.14. The van der Waals surface area contributed by atoms with E-state index in [1.54, 1.807) is 0 Å². The van der Waals surface area contributed by atoms with Gasteiger partial charge in [0.05, 0.1) is 18.7 Å². The van der Waals surface area contributed by atoms with Gasteiger partial charge in [-0.15, -0.1) is 6.42 Å². The van der Waals surface area contributed by atoms with Crippen LogP contribution in [0.1, 0.15) is 12.8 Å². The highest BCUT2D eigenvalue weighted by Crippen LogP contribution is 2.18. The first-order valence-electron chi connectivity index (χ1n) is 4.52. The van der Waals surface area contributed by atoms with E-state index in [0.29, 0.717) is 12.5 Å². The molecule has 0 spiro atoms. The number of nitrogens with zero attached hydrogens (tertiary/aromatic N) is 1. The molecule has 1 atom stereocenters. The largest absolute Gasteiger partial charge is 0.381 e. The predicted molar refractivity (Wildman–Crippen MR) is 49.8 cm³/mol. The van der Waals surface area contributed by atoms with Gasteiger partial charge in [-0.1, -0.05) is 5.92 Å². The van der Waals surface area contributed by atoms with Crippen LogP contribution in [0, 0.1) is 29.6 Å². The first kappa shape index (κ1) is 10.1. The average Bonchev–Trinajstić information content (AvgIpc) is 2.21. The molecule has 0 aromatic carbocycles. The van der Waals surface area contributed by atoms with Crippen molar-refractivity contribution in [1.82, 2.24) is 5.32 Å². The van der Waals surface area contributed by atoms with Crippen LogP contribution in [0.25, 0.3) is 0 Å². The Labute approximate surface area is 79.1 Å². The number of ether oxygens (including phenoxy) is 1. The monoisotopic (exact) mass is 178 g/mol.